The summed E-state index contributed by atoms with van der Waals surface area (Å²) in [5.41, 5.74) is 2.00. The molecule has 1 atom stereocenters. The van der Waals surface area contributed by atoms with Crippen LogP contribution in [0.15, 0.2) is 29.2 Å². The molecule has 182 valence electrons. The van der Waals surface area contributed by atoms with Gasteiger partial charge in [-0.2, -0.15) is 0 Å². The number of ether oxygens (including phenoxy) is 1. The molecule has 0 saturated heterocycles. The highest BCUT2D eigenvalue weighted by molar-refractivity contribution is 8.00. The van der Waals surface area contributed by atoms with Gasteiger partial charge in [-0.3, -0.25) is 14.4 Å². The van der Waals surface area contributed by atoms with Crippen LogP contribution in [0.2, 0.25) is 0 Å². The Kier molecular flexibility index (Phi) is 9.12. The molecule has 0 saturated carbocycles. The molecular weight excluding hydrogens is 476 g/mol. The number of carboxylic acids is 1. The average Bonchev–Trinajstić information content (AvgIpc) is 3.18. The van der Waals surface area contributed by atoms with Gasteiger partial charge in [0.2, 0.25) is 11.8 Å². The van der Waals surface area contributed by atoms with Crippen LogP contribution in [0.1, 0.15) is 59.8 Å². The van der Waals surface area contributed by atoms with E-state index in [9.17, 15) is 19.2 Å². The molecule has 2 amide bonds. The van der Waals surface area contributed by atoms with Crippen molar-refractivity contribution < 1.29 is 29.0 Å². The number of aryl methyl sites for hydroxylation is 1. The van der Waals surface area contributed by atoms with Crippen molar-refractivity contribution in [1.82, 2.24) is 0 Å². The summed E-state index contributed by atoms with van der Waals surface area (Å²) in [4.78, 5) is 50.1. The van der Waals surface area contributed by atoms with Gasteiger partial charge in [-0.15, -0.1) is 23.1 Å². The molecule has 0 radical (unpaired) electrons. The van der Waals surface area contributed by atoms with E-state index in [1.54, 1.807) is 18.2 Å². The van der Waals surface area contributed by atoms with Gasteiger partial charge in [0.1, 0.15) is 5.00 Å². The number of hydrogen-bond acceptors (Lipinski definition) is 7. The average molecular weight is 505 g/mol. The number of methoxy groups -OCH3 is 1. The smallest absolute Gasteiger partial charge is 0.341 e. The van der Waals surface area contributed by atoms with E-state index in [-0.39, 0.29) is 24.7 Å². The van der Waals surface area contributed by atoms with Gasteiger partial charge in [0.05, 0.1) is 24.3 Å². The van der Waals surface area contributed by atoms with Crippen LogP contribution in [0.4, 0.5) is 10.7 Å². The second-order valence-corrected chi connectivity index (χ2v) is 10.3. The Hall–Kier alpha value is -2.85. The summed E-state index contributed by atoms with van der Waals surface area (Å²) in [6, 6.07) is 7.07. The molecule has 1 aromatic heterocycles. The summed E-state index contributed by atoms with van der Waals surface area (Å²) in [5.74, 6) is -2.04. The van der Waals surface area contributed by atoms with E-state index in [4.69, 9.17) is 9.84 Å². The molecule has 1 aliphatic rings. The number of esters is 1. The lowest BCUT2D eigenvalue weighted by Gasteiger charge is -2.16. The quantitative estimate of drug-likeness (QED) is 0.316. The summed E-state index contributed by atoms with van der Waals surface area (Å²) in [5, 5.41) is 14.5. The molecule has 1 heterocycles. The largest absolute Gasteiger partial charge is 0.481 e. The fraction of sp³-hybridized carbons (Fsp3) is 0.417. The lowest BCUT2D eigenvalue weighted by Crippen LogP contribution is -2.25. The first-order chi connectivity index (χ1) is 16.3. The Morgan fingerprint density at radius 1 is 1.15 bits per heavy atom. The van der Waals surface area contributed by atoms with Crippen molar-refractivity contribution in [3.8, 4) is 0 Å². The molecule has 0 spiro atoms. The van der Waals surface area contributed by atoms with Crippen molar-refractivity contribution in [1.29, 1.82) is 0 Å². The molecule has 3 N–H and O–H groups in total. The number of carbonyl (C=O) groups excluding carboxylic acids is 3. The van der Waals surface area contributed by atoms with Crippen LogP contribution in [0.25, 0.3) is 0 Å². The van der Waals surface area contributed by atoms with E-state index < -0.39 is 17.2 Å². The van der Waals surface area contributed by atoms with Crippen molar-refractivity contribution >= 4 is 57.5 Å². The maximum atomic E-state index is 13.1. The first-order valence-corrected chi connectivity index (χ1v) is 12.8. The summed E-state index contributed by atoms with van der Waals surface area (Å²) >= 11 is 2.81. The second-order valence-electron chi connectivity index (χ2n) is 7.88. The van der Waals surface area contributed by atoms with Crippen molar-refractivity contribution in [2.75, 3.05) is 17.7 Å². The highest BCUT2D eigenvalue weighted by Crippen LogP contribution is 2.39. The minimum atomic E-state index is -1.03. The SMILES string of the molecule is CCC(Sc1cccc(NC(=O)CCC(=O)O)c1)C(=O)Nc1sc2c(c1C(=O)OC)CCCC2. The van der Waals surface area contributed by atoms with Gasteiger partial charge >= 0.3 is 11.9 Å². The maximum Gasteiger partial charge on any atom is 0.341 e. The van der Waals surface area contributed by atoms with E-state index >= 15 is 0 Å². The number of rotatable bonds is 10. The Balaban J connectivity index is 1.70. The second kappa shape index (κ2) is 12.0. The number of benzene rings is 1. The van der Waals surface area contributed by atoms with Gasteiger partial charge in [-0.05, 0) is 55.9 Å². The van der Waals surface area contributed by atoms with Crippen LogP contribution < -0.4 is 10.6 Å². The van der Waals surface area contributed by atoms with Gasteiger partial charge in [-0.1, -0.05) is 13.0 Å². The number of nitrogens with one attached hydrogen (secondary N) is 2. The zero-order chi connectivity index (χ0) is 24.7. The van der Waals surface area contributed by atoms with Crippen molar-refractivity contribution in [3.05, 3.63) is 40.3 Å². The number of thiophene rings is 1. The number of carboxylic acid groups (broad SMARTS) is 1. The van der Waals surface area contributed by atoms with Crippen LogP contribution in [-0.4, -0.2) is 41.2 Å². The molecule has 0 fully saturated rings. The number of amides is 2. The molecule has 3 rings (SSSR count). The lowest BCUT2D eigenvalue weighted by atomic mass is 9.95. The highest BCUT2D eigenvalue weighted by atomic mass is 32.2. The zero-order valence-electron chi connectivity index (χ0n) is 19.1. The number of hydrogen-bond donors (Lipinski definition) is 3. The number of thioether (sulfide) groups is 1. The third kappa shape index (κ3) is 6.60. The van der Waals surface area contributed by atoms with Gasteiger partial charge in [0.15, 0.2) is 0 Å². The monoisotopic (exact) mass is 504 g/mol. The minimum Gasteiger partial charge on any atom is -0.481 e. The van der Waals surface area contributed by atoms with E-state index in [2.05, 4.69) is 10.6 Å². The molecule has 0 bridgehead atoms. The number of fused-ring (bicyclic) bond motifs is 1. The van der Waals surface area contributed by atoms with Gasteiger partial charge in [0.25, 0.3) is 0 Å². The van der Waals surface area contributed by atoms with E-state index in [1.807, 2.05) is 13.0 Å². The predicted molar refractivity (Wildman–Crippen MR) is 133 cm³/mol. The zero-order valence-corrected chi connectivity index (χ0v) is 20.8. The molecule has 1 aliphatic carbocycles. The molecule has 10 heteroatoms. The van der Waals surface area contributed by atoms with Gasteiger partial charge in [0, 0.05) is 21.9 Å². The minimum absolute atomic E-state index is 0.111. The first kappa shape index (κ1) is 25.8. The first-order valence-electron chi connectivity index (χ1n) is 11.1. The maximum absolute atomic E-state index is 13.1. The molecule has 1 unspecified atom stereocenters. The van der Waals surface area contributed by atoms with Crippen molar-refractivity contribution in [3.63, 3.8) is 0 Å². The standard InChI is InChI=1S/C24H28N2O6S2/c1-3-17(33-15-8-6-7-14(13-15)25-19(27)11-12-20(28)29)22(30)26-23-21(24(31)32-2)16-9-4-5-10-18(16)34-23/h6-8,13,17H,3-5,9-12H2,1-2H3,(H,25,27)(H,26,30)(H,28,29). The van der Waals surface area contributed by atoms with Crippen LogP contribution in [0, 0.1) is 0 Å². The van der Waals surface area contributed by atoms with Crippen molar-refractivity contribution in [2.24, 2.45) is 0 Å². The number of anilines is 2. The fourth-order valence-electron chi connectivity index (χ4n) is 3.74. The molecule has 0 aliphatic heterocycles. The summed E-state index contributed by atoms with van der Waals surface area (Å²) in [7, 11) is 1.35. The number of aliphatic carboxylic acids is 1. The van der Waals surface area contributed by atoms with Gasteiger partial charge < -0.3 is 20.5 Å². The van der Waals surface area contributed by atoms with Crippen LogP contribution >= 0.6 is 23.1 Å². The normalized spacial score (nSPS) is 13.5. The summed E-state index contributed by atoms with van der Waals surface area (Å²) in [6.45, 7) is 1.91. The molecular formula is C24H28N2O6S2. The van der Waals surface area contributed by atoms with Crippen molar-refractivity contribution in [2.45, 2.75) is 62.0 Å². The topological polar surface area (TPSA) is 122 Å². The Morgan fingerprint density at radius 2 is 1.91 bits per heavy atom. The third-order valence-electron chi connectivity index (χ3n) is 5.42. The molecule has 34 heavy (non-hydrogen) atoms. The van der Waals surface area contributed by atoms with Crippen LogP contribution in [0.3, 0.4) is 0 Å². The van der Waals surface area contributed by atoms with E-state index in [0.29, 0.717) is 22.7 Å². The lowest BCUT2D eigenvalue weighted by molar-refractivity contribution is -0.138. The summed E-state index contributed by atoms with van der Waals surface area (Å²) in [6.07, 6.45) is 4.00. The Morgan fingerprint density at radius 3 is 2.62 bits per heavy atom. The van der Waals surface area contributed by atoms with E-state index in [1.165, 1.54) is 30.2 Å². The Labute approximate surface area is 206 Å². The highest BCUT2D eigenvalue weighted by Gasteiger charge is 2.28. The molecule has 8 nitrogen and oxygen atoms in total. The number of carbonyl (C=O) groups is 4. The van der Waals surface area contributed by atoms with Gasteiger partial charge in [-0.25, -0.2) is 4.79 Å². The Bertz CT molecular complexity index is 1080. The van der Waals surface area contributed by atoms with Crippen LogP contribution in [0.5, 0.6) is 0 Å². The molecule has 2 aromatic rings. The third-order valence-corrected chi connectivity index (χ3v) is 7.99. The van der Waals surface area contributed by atoms with E-state index in [0.717, 1.165) is 41.0 Å². The predicted octanol–water partition coefficient (Wildman–Crippen LogP) is 4.73. The fourth-order valence-corrected chi connectivity index (χ4v) is 6.04. The molecule has 1 aromatic carbocycles. The summed E-state index contributed by atoms with van der Waals surface area (Å²) < 4.78 is 4.98. The van der Waals surface area contributed by atoms with Crippen LogP contribution in [-0.2, 0) is 32.0 Å².